The van der Waals surface area contributed by atoms with Crippen molar-refractivity contribution < 1.29 is 27.4 Å². The van der Waals surface area contributed by atoms with Gasteiger partial charge in [-0.3, -0.25) is 9.89 Å². The van der Waals surface area contributed by atoms with Gasteiger partial charge in [-0.25, -0.2) is 0 Å². The second-order valence-corrected chi connectivity index (χ2v) is 6.30. The van der Waals surface area contributed by atoms with E-state index < -0.39 is 17.6 Å². The van der Waals surface area contributed by atoms with Crippen LogP contribution < -0.4 is 14.8 Å². The summed E-state index contributed by atoms with van der Waals surface area (Å²) in [6.07, 6.45) is -4.43. The molecule has 0 saturated heterocycles. The highest BCUT2D eigenvalue weighted by Gasteiger charge is 2.30. The first-order valence-electron chi connectivity index (χ1n) is 8.80. The smallest absolute Gasteiger partial charge is 0.416 e. The van der Waals surface area contributed by atoms with Gasteiger partial charge < -0.3 is 14.8 Å². The molecule has 6 nitrogen and oxygen atoms in total. The van der Waals surface area contributed by atoms with Crippen LogP contribution in [-0.2, 0) is 6.18 Å². The predicted molar refractivity (Wildman–Crippen MR) is 101 cm³/mol. The van der Waals surface area contributed by atoms with Crippen LogP contribution in [0.15, 0.2) is 48.5 Å². The Morgan fingerprint density at radius 3 is 2.80 bits per heavy atom. The molecule has 2 N–H and O–H groups in total. The second-order valence-electron chi connectivity index (χ2n) is 6.30. The number of rotatable bonds is 3. The third-order valence-corrected chi connectivity index (χ3v) is 4.25. The van der Waals surface area contributed by atoms with Gasteiger partial charge in [-0.1, -0.05) is 17.9 Å². The van der Waals surface area contributed by atoms with E-state index in [2.05, 4.69) is 27.4 Å². The van der Waals surface area contributed by atoms with Crippen LogP contribution in [0.1, 0.15) is 21.6 Å². The summed E-state index contributed by atoms with van der Waals surface area (Å²) in [5.41, 5.74) is 0.966. The third kappa shape index (κ3) is 4.22. The van der Waals surface area contributed by atoms with Gasteiger partial charge in [-0.2, -0.15) is 18.3 Å². The number of aromatic amines is 1. The number of fused-ring (bicyclic) bond motifs is 1. The normalized spacial score (nSPS) is 12.2. The number of carbonyl (C=O) groups is 1. The van der Waals surface area contributed by atoms with Crippen LogP contribution in [0.3, 0.4) is 0 Å². The van der Waals surface area contributed by atoms with Gasteiger partial charge in [-0.15, -0.1) is 0 Å². The summed E-state index contributed by atoms with van der Waals surface area (Å²) < 4.78 is 48.7. The number of amides is 1. The maximum atomic E-state index is 12.7. The Morgan fingerprint density at radius 1 is 1.13 bits per heavy atom. The van der Waals surface area contributed by atoms with Gasteiger partial charge in [0.15, 0.2) is 11.5 Å². The van der Waals surface area contributed by atoms with Gasteiger partial charge in [0.25, 0.3) is 5.91 Å². The molecule has 30 heavy (non-hydrogen) atoms. The standard InChI is InChI=1S/C21H14F3N3O3/c22-21(23,24)15-5-1-3-13(9-15)4-2-8-25-20(28)17-11-16(26-27-17)14-6-7-18-19(10-14)30-12-29-18/h1,3,5-7,9-11H,8,12H2,(H,25,28)(H,26,27). The van der Waals surface area contributed by atoms with Gasteiger partial charge in [0.2, 0.25) is 6.79 Å². The number of halogens is 3. The van der Waals surface area contributed by atoms with Crippen molar-refractivity contribution in [2.24, 2.45) is 0 Å². The first-order valence-corrected chi connectivity index (χ1v) is 8.80. The Balaban J connectivity index is 1.38. The molecule has 1 amide bonds. The van der Waals surface area contributed by atoms with Gasteiger partial charge in [0.05, 0.1) is 17.8 Å². The maximum Gasteiger partial charge on any atom is 0.416 e. The molecule has 1 aliphatic rings. The zero-order valence-corrected chi connectivity index (χ0v) is 15.3. The highest BCUT2D eigenvalue weighted by molar-refractivity contribution is 5.93. The Kier molecular flexibility index (Phi) is 5.06. The molecule has 0 spiro atoms. The summed E-state index contributed by atoms with van der Waals surface area (Å²) in [4.78, 5) is 12.2. The second kappa shape index (κ2) is 7.83. The Labute approximate surface area is 169 Å². The lowest BCUT2D eigenvalue weighted by Gasteiger charge is -2.05. The van der Waals surface area contributed by atoms with Crippen LogP contribution in [0.5, 0.6) is 11.5 Å². The van der Waals surface area contributed by atoms with Crippen molar-refractivity contribution in [3.05, 3.63) is 65.4 Å². The Bertz CT molecular complexity index is 1160. The fraction of sp³-hybridized carbons (Fsp3) is 0.143. The lowest BCUT2D eigenvalue weighted by molar-refractivity contribution is -0.137. The van der Waals surface area contributed by atoms with Gasteiger partial charge in [0, 0.05) is 11.1 Å². The van der Waals surface area contributed by atoms with Crippen molar-refractivity contribution in [2.75, 3.05) is 13.3 Å². The molecule has 0 saturated carbocycles. The highest BCUT2D eigenvalue weighted by atomic mass is 19.4. The fourth-order valence-electron chi connectivity index (χ4n) is 2.78. The quantitative estimate of drug-likeness (QED) is 0.644. The molecule has 2 aromatic carbocycles. The van der Waals surface area contributed by atoms with Crippen molar-refractivity contribution in [3.8, 4) is 34.6 Å². The Hall–Kier alpha value is -3.93. The van der Waals surface area contributed by atoms with E-state index >= 15 is 0 Å². The van der Waals surface area contributed by atoms with Crippen molar-refractivity contribution in [1.29, 1.82) is 0 Å². The fourth-order valence-corrected chi connectivity index (χ4v) is 2.78. The van der Waals surface area contributed by atoms with E-state index in [1.807, 2.05) is 0 Å². The largest absolute Gasteiger partial charge is 0.454 e. The maximum absolute atomic E-state index is 12.7. The van der Waals surface area contributed by atoms with Crippen LogP contribution in [0.25, 0.3) is 11.3 Å². The zero-order chi connectivity index (χ0) is 21.1. The summed E-state index contributed by atoms with van der Waals surface area (Å²) in [6, 6.07) is 11.6. The summed E-state index contributed by atoms with van der Waals surface area (Å²) in [6.45, 7) is 0.127. The zero-order valence-electron chi connectivity index (χ0n) is 15.3. The van der Waals surface area contributed by atoms with E-state index in [0.29, 0.717) is 17.2 Å². The van der Waals surface area contributed by atoms with Crippen LogP contribution >= 0.6 is 0 Å². The number of benzene rings is 2. The number of ether oxygens (including phenoxy) is 2. The topological polar surface area (TPSA) is 76.2 Å². The molecule has 0 aliphatic carbocycles. The molecule has 152 valence electrons. The van der Waals surface area contributed by atoms with Crippen molar-refractivity contribution in [2.45, 2.75) is 6.18 Å². The molecule has 2 heterocycles. The molecule has 0 unspecified atom stereocenters. The van der Waals surface area contributed by atoms with E-state index in [9.17, 15) is 18.0 Å². The molecule has 0 atom stereocenters. The molecular formula is C21H14F3N3O3. The number of nitrogens with zero attached hydrogens (tertiary/aromatic N) is 1. The number of hydrogen-bond donors (Lipinski definition) is 2. The van der Waals surface area contributed by atoms with Crippen LogP contribution in [0.2, 0.25) is 0 Å². The summed E-state index contributed by atoms with van der Waals surface area (Å²) in [7, 11) is 0. The van der Waals surface area contributed by atoms with E-state index in [4.69, 9.17) is 9.47 Å². The molecule has 1 aliphatic heterocycles. The van der Waals surface area contributed by atoms with Crippen LogP contribution in [0.4, 0.5) is 13.2 Å². The molecule has 0 radical (unpaired) electrons. The number of carbonyl (C=O) groups excluding carboxylic acids is 1. The minimum Gasteiger partial charge on any atom is -0.454 e. The molecule has 0 bridgehead atoms. The third-order valence-electron chi connectivity index (χ3n) is 4.25. The van der Waals surface area contributed by atoms with Gasteiger partial charge >= 0.3 is 6.18 Å². The average Bonchev–Trinajstić information content (AvgIpc) is 3.39. The van der Waals surface area contributed by atoms with Crippen molar-refractivity contribution in [1.82, 2.24) is 15.5 Å². The van der Waals surface area contributed by atoms with E-state index in [1.54, 1.807) is 24.3 Å². The number of hydrogen-bond acceptors (Lipinski definition) is 4. The number of nitrogens with one attached hydrogen (secondary N) is 2. The van der Waals surface area contributed by atoms with Crippen LogP contribution in [0, 0.1) is 11.8 Å². The van der Waals surface area contributed by atoms with Crippen LogP contribution in [-0.4, -0.2) is 29.4 Å². The molecule has 1 aromatic heterocycles. The molecule has 0 fully saturated rings. The van der Waals surface area contributed by atoms with E-state index in [0.717, 1.165) is 17.7 Å². The summed E-state index contributed by atoms with van der Waals surface area (Å²) in [5.74, 6) is 6.05. The van der Waals surface area contributed by atoms with E-state index in [-0.39, 0.29) is 24.6 Å². The lowest BCUT2D eigenvalue weighted by Crippen LogP contribution is -2.23. The minimum absolute atomic E-state index is 0.0343. The first-order chi connectivity index (χ1) is 14.4. The van der Waals surface area contributed by atoms with Crippen molar-refractivity contribution in [3.63, 3.8) is 0 Å². The highest BCUT2D eigenvalue weighted by Crippen LogP contribution is 2.35. The Morgan fingerprint density at radius 2 is 1.97 bits per heavy atom. The van der Waals surface area contributed by atoms with Gasteiger partial charge in [0.1, 0.15) is 5.69 Å². The van der Waals surface area contributed by atoms with Gasteiger partial charge in [-0.05, 0) is 42.5 Å². The predicted octanol–water partition coefficient (Wildman–Crippen LogP) is 3.61. The first kappa shape index (κ1) is 19.4. The number of alkyl halides is 3. The summed E-state index contributed by atoms with van der Waals surface area (Å²) in [5, 5.41) is 9.33. The molecule has 9 heteroatoms. The van der Waals surface area contributed by atoms with E-state index in [1.165, 1.54) is 12.1 Å². The van der Waals surface area contributed by atoms with Crippen molar-refractivity contribution >= 4 is 5.91 Å². The molecule has 3 aromatic rings. The number of aromatic nitrogens is 2. The minimum atomic E-state index is -4.43. The monoisotopic (exact) mass is 413 g/mol. The lowest BCUT2D eigenvalue weighted by atomic mass is 10.1. The summed E-state index contributed by atoms with van der Waals surface area (Å²) >= 11 is 0. The number of H-pyrrole nitrogens is 1. The molecule has 4 rings (SSSR count). The molecular weight excluding hydrogens is 399 g/mol. The average molecular weight is 413 g/mol. The SMILES string of the molecule is O=C(NCC#Cc1cccc(C(F)(F)F)c1)c1cc(-c2ccc3c(c2)OCO3)n[nH]1.